The Bertz CT molecular complexity index is 234. The summed E-state index contributed by atoms with van der Waals surface area (Å²) in [5, 5.41) is 12.4. The van der Waals surface area contributed by atoms with Crippen LogP contribution in [0.15, 0.2) is 0 Å². The maximum Gasteiger partial charge on any atom is 0.410 e. The lowest BCUT2D eigenvalue weighted by Gasteiger charge is -2.38. The van der Waals surface area contributed by atoms with Crippen molar-refractivity contribution in [3.05, 3.63) is 0 Å². The Hall–Kier alpha value is -0.810. The molecular formula is C9H16N2O3. The maximum atomic E-state index is 11.5. The number of methoxy groups -OCH3 is 1. The van der Waals surface area contributed by atoms with Crippen LogP contribution in [0.5, 0.6) is 0 Å². The van der Waals surface area contributed by atoms with Crippen molar-refractivity contribution in [3.63, 3.8) is 0 Å². The van der Waals surface area contributed by atoms with Crippen LogP contribution in [0.4, 0.5) is 4.79 Å². The number of nitrogens with zero attached hydrogens (tertiary/aromatic N) is 1. The molecule has 0 spiro atoms. The molecule has 2 heterocycles. The van der Waals surface area contributed by atoms with Crippen LogP contribution in [-0.4, -0.2) is 54.5 Å². The van der Waals surface area contributed by atoms with E-state index < -0.39 is 0 Å². The van der Waals surface area contributed by atoms with Crippen molar-refractivity contribution in [2.75, 3.05) is 20.3 Å². The van der Waals surface area contributed by atoms with Crippen LogP contribution in [0.25, 0.3) is 0 Å². The second-order valence-corrected chi connectivity index (χ2v) is 3.87. The zero-order chi connectivity index (χ0) is 10.1. The molecule has 0 aliphatic carbocycles. The van der Waals surface area contributed by atoms with Crippen LogP contribution in [0.3, 0.4) is 0 Å². The zero-order valence-corrected chi connectivity index (χ0v) is 8.27. The standard InChI is InChI=1S/C9H16N2O3/c1-14-9(13)11-6-2-3-8(11)7(5-12)10-4-6/h6-8,10,12H,2-5H2,1H3/t6-,7-,8+/m1/s1. The van der Waals surface area contributed by atoms with Crippen molar-refractivity contribution in [1.29, 1.82) is 0 Å². The van der Waals surface area contributed by atoms with Crippen LogP contribution in [0.1, 0.15) is 12.8 Å². The molecule has 5 heteroatoms. The average molecular weight is 200 g/mol. The third kappa shape index (κ3) is 1.36. The molecule has 2 aliphatic heterocycles. The first-order chi connectivity index (χ1) is 6.77. The van der Waals surface area contributed by atoms with Crippen LogP contribution in [0.2, 0.25) is 0 Å². The Morgan fingerprint density at radius 3 is 3.07 bits per heavy atom. The molecule has 0 aromatic rings. The smallest absolute Gasteiger partial charge is 0.410 e. The van der Waals surface area contributed by atoms with Gasteiger partial charge in [-0.3, -0.25) is 4.90 Å². The summed E-state index contributed by atoms with van der Waals surface area (Å²) in [6.45, 7) is 0.835. The number of rotatable bonds is 1. The Morgan fingerprint density at radius 2 is 2.43 bits per heavy atom. The summed E-state index contributed by atoms with van der Waals surface area (Å²) in [5.41, 5.74) is 0. The van der Waals surface area contributed by atoms with Crippen molar-refractivity contribution in [2.24, 2.45) is 0 Å². The molecule has 80 valence electrons. The van der Waals surface area contributed by atoms with E-state index in [2.05, 4.69) is 5.32 Å². The largest absolute Gasteiger partial charge is 0.453 e. The first-order valence-corrected chi connectivity index (χ1v) is 4.98. The van der Waals surface area contributed by atoms with Crippen LogP contribution < -0.4 is 5.32 Å². The monoisotopic (exact) mass is 200 g/mol. The van der Waals surface area contributed by atoms with Gasteiger partial charge in [0.25, 0.3) is 0 Å². The zero-order valence-electron chi connectivity index (χ0n) is 8.27. The first kappa shape index (κ1) is 9.73. The number of carbonyl (C=O) groups is 1. The van der Waals surface area contributed by atoms with E-state index in [4.69, 9.17) is 9.84 Å². The third-order valence-corrected chi connectivity index (χ3v) is 3.21. The number of hydrogen-bond donors (Lipinski definition) is 2. The molecule has 0 unspecified atom stereocenters. The minimum atomic E-state index is -0.266. The van der Waals surface area contributed by atoms with Crippen LogP contribution in [-0.2, 0) is 4.74 Å². The summed E-state index contributed by atoms with van der Waals surface area (Å²) < 4.78 is 4.74. The fourth-order valence-electron chi connectivity index (χ4n) is 2.51. The highest BCUT2D eigenvalue weighted by molar-refractivity contribution is 5.69. The third-order valence-electron chi connectivity index (χ3n) is 3.21. The second-order valence-electron chi connectivity index (χ2n) is 3.87. The SMILES string of the molecule is COC(=O)N1[C@@H]2CC[C@H]1[C@@H](CO)NC2. The molecule has 0 saturated carbocycles. The summed E-state index contributed by atoms with van der Waals surface area (Å²) in [6.07, 6.45) is 1.69. The van der Waals surface area contributed by atoms with E-state index in [0.717, 1.165) is 19.4 Å². The number of ether oxygens (including phenoxy) is 1. The van der Waals surface area contributed by atoms with Crippen LogP contribution >= 0.6 is 0 Å². The van der Waals surface area contributed by atoms with Gasteiger partial charge in [0.2, 0.25) is 0 Å². The molecular weight excluding hydrogens is 184 g/mol. The molecule has 0 aromatic carbocycles. The Balaban J connectivity index is 2.13. The number of amides is 1. The molecule has 2 N–H and O–H groups in total. The van der Waals surface area contributed by atoms with Gasteiger partial charge in [0.05, 0.1) is 25.8 Å². The van der Waals surface area contributed by atoms with Crippen molar-refractivity contribution in [1.82, 2.24) is 10.2 Å². The highest BCUT2D eigenvalue weighted by atomic mass is 16.5. The average Bonchev–Trinajstić information content (AvgIpc) is 2.52. The topological polar surface area (TPSA) is 61.8 Å². The lowest BCUT2D eigenvalue weighted by molar-refractivity contribution is 0.0633. The molecule has 1 amide bonds. The first-order valence-electron chi connectivity index (χ1n) is 4.98. The molecule has 0 aromatic heterocycles. The predicted molar refractivity (Wildman–Crippen MR) is 49.9 cm³/mol. The molecule has 2 bridgehead atoms. The van der Waals surface area contributed by atoms with E-state index in [-0.39, 0.29) is 30.8 Å². The number of aliphatic hydroxyl groups excluding tert-OH is 1. The summed E-state index contributed by atoms with van der Waals surface area (Å²) in [6, 6.07) is 0.356. The van der Waals surface area contributed by atoms with E-state index in [1.807, 2.05) is 0 Å². The van der Waals surface area contributed by atoms with Crippen molar-refractivity contribution >= 4 is 6.09 Å². The molecule has 2 fully saturated rings. The quantitative estimate of drug-likeness (QED) is 0.602. The van der Waals surface area contributed by atoms with Crippen molar-refractivity contribution in [2.45, 2.75) is 31.0 Å². The number of fused-ring (bicyclic) bond motifs is 2. The van der Waals surface area contributed by atoms with Gasteiger partial charge in [-0.15, -0.1) is 0 Å². The minimum absolute atomic E-state index is 0.00727. The van der Waals surface area contributed by atoms with E-state index in [0.29, 0.717) is 0 Å². The second kappa shape index (κ2) is 3.74. The van der Waals surface area contributed by atoms with E-state index in [1.54, 1.807) is 4.90 Å². The van der Waals surface area contributed by atoms with Crippen molar-refractivity contribution in [3.8, 4) is 0 Å². The van der Waals surface area contributed by atoms with Gasteiger partial charge in [-0.2, -0.15) is 0 Å². The molecule has 14 heavy (non-hydrogen) atoms. The number of piperazine rings is 1. The Morgan fingerprint density at radius 1 is 1.64 bits per heavy atom. The predicted octanol–water partition coefficient (Wildman–Crippen LogP) is -0.450. The van der Waals surface area contributed by atoms with Crippen molar-refractivity contribution < 1.29 is 14.6 Å². The van der Waals surface area contributed by atoms with Gasteiger partial charge in [0.1, 0.15) is 0 Å². The summed E-state index contributed by atoms with van der Waals surface area (Å²) in [7, 11) is 1.40. The fraction of sp³-hybridized carbons (Fsp3) is 0.889. The maximum absolute atomic E-state index is 11.5. The number of carbonyl (C=O) groups excluding carboxylic acids is 1. The lowest BCUT2D eigenvalue weighted by atomic mass is 10.1. The highest BCUT2D eigenvalue weighted by Crippen LogP contribution is 2.30. The van der Waals surface area contributed by atoms with E-state index in [1.165, 1.54) is 7.11 Å². The molecule has 3 atom stereocenters. The molecule has 2 aliphatic rings. The molecule has 2 rings (SSSR count). The van der Waals surface area contributed by atoms with Gasteiger partial charge in [-0.1, -0.05) is 0 Å². The van der Waals surface area contributed by atoms with Gasteiger partial charge >= 0.3 is 6.09 Å². The lowest BCUT2D eigenvalue weighted by Crippen LogP contribution is -2.60. The van der Waals surface area contributed by atoms with Crippen LogP contribution in [0, 0.1) is 0 Å². The summed E-state index contributed by atoms with van der Waals surface area (Å²) >= 11 is 0. The number of hydrogen-bond acceptors (Lipinski definition) is 4. The van der Waals surface area contributed by atoms with Gasteiger partial charge < -0.3 is 15.2 Å². The Labute approximate surface area is 83.0 Å². The minimum Gasteiger partial charge on any atom is -0.453 e. The summed E-state index contributed by atoms with van der Waals surface area (Å²) in [5.74, 6) is 0. The summed E-state index contributed by atoms with van der Waals surface area (Å²) in [4.78, 5) is 13.3. The van der Waals surface area contributed by atoms with Gasteiger partial charge in [-0.05, 0) is 12.8 Å². The highest BCUT2D eigenvalue weighted by Gasteiger charge is 2.44. The fourth-order valence-corrected chi connectivity index (χ4v) is 2.51. The molecule has 2 saturated heterocycles. The Kier molecular flexibility index (Phi) is 2.60. The molecule has 5 nitrogen and oxygen atoms in total. The van der Waals surface area contributed by atoms with Gasteiger partial charge in [0.15, 0.2) is 0 Å². The molecule has 0 radical (unpaired) electrons. The van der Waals surface area contributed by atoms with Gasteiger partial charge in [0, 0.05) is 12.6 Å². The normalized spacial score (nSPS) is 35.9. The van der Waals surface area contributed by atoms with E-state index >= 15 is 0 Å². The number of nitrogens with one attached hydrogen (secondary N) is 1. The van der Waals surface area contributed by atoms with Gasteiger partial charge in [-0.25, -0.2) is 4.79 Å². The number of aliphatic hydroxyl groups is 1. The van der Waals surface area contributed by atoms with E-state index in [9.17, 15) is 4.79 Å².